The minimum absolute atomic E-state index is 0.131. The van der Waals surface area contributed by atoms with E-state index < -0.39 is 11.9 Å². The van der Waals surface area contributed by atoms with Gasteiger partial charge in [-0.25, -0.2) is 4.68 Å². The molecule has 4 rings (SSSR count). The molecule has 0 N–H and O–H groups in total. The van der Waals surface area contributed by atoms with E-state index in [1.54, 1.807) is 12.1 Å². The van der Waals surface area contributed by atoms with E-state index in [1.165, 1.54) is 31.5 Å². The molecular formula is C24H19N3O5S. The molecule has 0 aliphatic heterocycles. The SMILES string of the molecule is CC(=O)Oc1ccc(-n2nnc(SC(C)=O)c2-c2cccc3ccccc23)c(OC(C)=O)c1. The van der Waals surface area contributed by atoms with Gasteiger partial charge in [0.15, 0.2) is 15.9 Å². The second-order valence-corrected chi connectivity index (χ2v) is 8.26. The van der Waals surface area contributed by atoms with Crippen molar-refractivity contribution < 1.29 is 23.9 Å². The van der Waals surface area contributed by atoms with Crippen molar-refractivity contribution in [3.8, 4) is 28.4 Å². The van der Waals surface area contributed by atoms with E-state index in [0.29, 0.717) is 16.4 Å². The fraction of sp³-hybridized carbons (Fsp3) is 0.125. The molecule has 4 aromatic rings. The van der Waals surface area contributed by atoms with Crippen molar-refractivity contribution in [1.82, 2.24) is 15.0 Å². The zero-order valence-electron chi connectivity index (χ0n) is 18.1. The highest BCUT2D eigenvalue weighted by molar-refractivity contribution is 8.13. The standard InChI is InChI=1S/C24H19N3O5S/c1-14(28)31-18-11-12-21(22(13-18)32-15(2)29)27-23(24(25-26-27)33-16(3)30)20-10-6-8-17-7-4-5-9-19(17)20/h4-13H,1-3H3. The Kier molecular flexibility index (Phi) is 6.23. The molecule has 1 aromatic heterocycles. The Hall–Kier alpha value is -3.98. The van der Waals surface area contributed by atoms with Gasteiger partial charge in [-0.15, -0.1) is 5.10 Å². The maximum absolute atomic E-state index is 11.9. The van der Waals surface area contributed by atoms with E-state index in [9.17, 15) is 14.4 Å². The first-order valence-electron chi connectivity index (χ1n) is 9.97. The van der Waals surface area contributed by atoms with E-state index >= 15 is 0 Å². The third-order valence-corrected chi connectivity index (χ3v) is 5.36. The summed E-state index contributed by atoms with van der Waals surface area (Å²) in [6.45, 7) is 4.00. The number of hydrogen-bond donors (Lipinski definition) is 0. The smallest absolute Gasteiger partial charge is 0.308 e. The normalized spacial score (nSPS) is 10.8. The Morgan fingerprint density at radius 1 is 0.879 bits per heavy atom. The van der Waals surface area contributed by atoms with Gasteiger partial charge in [-0.1, -0.05) is 47.7 Å². The zero-order valence-corrected chi connectivity index (χ0v) is 18.9. The van der Waals surface area contributed by atoms with Crippen molar-refractivity contribution in [2.24, 2.45) is 0 Å². The maximum atomic E-state index is 11.9. The Morgan fingerprint density at radius 3 is 2.33 bits per heavy atom. The molecule has 0 atom stereocenters. The summed E-state index contributed by atoms with van der Waals surface area (Å²) in [4.78, 5) is 35.1. The molecule has 33 heavy (non-hydrogen) atoms. The molecule has 0 saturated carbocycles. The third kappa shape index (κ3) is 4.78. The van der Waals surface area contributed by atoms with Gasteiger partial charge in [0.05, 0.1) is 0 Å². The van der Waals surface area contributed by atoms with Crippen LogP contribution in [0, 0.1) is 0 Å². The van der Waals surface area contributed by atoms with Crippen molar-refractivity contribution >= 4 is 39.6 Å². The molecule has 9 heteroatoms. The van der Waals surface area contributed by atoms with Gasteiger partial charge in [-0.2, -0.15) is 0 Å². The summed E-state index contributed by atoms with van der Waals surface area (Å²) in [7, 11) is 0. The molecule has 0 radical (unpaired) electrons. The van der Waals surface area contributed by atoms with Gasteiger partial charge in [0, 0.05) is 32.4 Å². The number of aromatic nitrogens is 3. The second kappa shape index (κ2) is 9.25. The average Bonchev–Trinajstić information content (AvgIpc) is 3.15. The predicted molar refractivity (Wildman–Crippen MR) is 123 cm³/mol. The van der Waals surface area contributed by atoms with Crippen LogP contribution in [0.25, 0.3) is 27.7 Å². The van der Waals surface area contributed by atoms with Gasteiger partial charge in [-0.05, 0) is 34.7 Å². The average molecular weight is 461 g/mol. The molecular weight excluding hydrogens is 442 g/mol. The highest BCUT2D eigenvalue weighted by Crippen LogP contribution is 2.38. The Labute approximate surface area is 193 Å². The Balaban J connectivity index is 1.97. The molecule has 0 saturated heterocycles. The topological polar surface area (TPSA) is 100 Å². The number of carbonyl (C=O) groups excluding carboxylic acids is 3. The number of nitrogens with zero attached hydrogens (tertiary/aromatic N) is 3. The monoisotopic (exact) mass is 461 g/mol. The zero-order chi connectivity index (χ0) is 23.5. The van der Waals surface area contributed by atoms with Crippen LogP contribution >= 0.6 is 11.8 Å². The summed E-state index contributed by atoms with van der Waals surface area (Å²) < 4.78 is 12.0. The molecule has 0 unspecified atom stereocenters. The molecule has 3 aromatic carbocycles. The molecule has 0 spiro atoms. The molecule has 166 valence electrons. The minimum Gasteiger partial charge on any atom is -0.427 e. The van der Waals surface area contributed by atoms with Crippen LogP contribution in [-0.4, -0.2) is 32.0 Å². The summed E-state index contributed by atoms with van der Waals surface area (Å²) in [5.74, 6) is -0.713. The maximum Gasteiger partial charge on any atom is 0.308 e. The van der Waals surface area contributed by atoms with Gasteiger partial charge < -0.3 is 9.47 Å². The fourth-order valence-corrected chi connectivity index (χ4v) is 4.08. The first-order chi connectivity index (χ1) is 15.8. The van der Waals surface area contributed by atoms with Crippen LogP contribution in [0.3, 0.4) is 0 Å². The summed E-state index contributed by atoms with van der Waals surface area (Å²) in [6.07, 6.45) is 0. The second-order valence-electron chi connectivity index (χ2n) is 7.09. The lowest BCUT2D eigenvalue weighted by Crippen LogP contribution is -2.09. The van der Waals surface area contributed by atoms with Crippen molar-refractivity contribution in [3.63, 3.8) is 0 Å². The van der Waals surface area contributed by atoms with Crippen molar-refractivity contribution in [3.05, 3.63) is 60.7 Å². The number of esters is 2. The molecule has 0 fully saturated rings. The molecule has 1 heterocycles. The molecule has 0 amide bonds. The van der Waals surface area contributed by atoms with Crippen LogP contribution in [0.2, 0.25) is 0 Å². The Bertz CT molecular complexity index is 1390. The van der Waals surface area contributed by atoms with Crippen LogP contribution in [0.1, 0.15) is 20.8 Å². The van der Waals surface area contributed by atoms with Crippen LogP contribution in [-0.2, 0) is 14.4 Å². The number of rotatable bonds is 5. The number of thioether (sulfide) groups is 1. The largest absolute Gasteiger partial charge is 0.427 e. The third-order valence-electron chi connectivity index (χ3n) is 4.60. The van der Waals surface area contributed by atoms with Crippen LogP contribution < -0.4 is 9.47 Å². The molecule has 8 nitrogen and oxygen atoms in total. The van der Waals surface area contributed by atoms with E-state index in [4.69, 9.17) is 9.47 Å². The van der Waals surface area contributed by atoms with Crippen molar-refractivity contribution in [1.29, 1.82) is 0 Å². The van der Waals surface area contributed by atoms with Gasteiger partial charge in [0.1, 0.15) is 17.1 Å². The number of benzene rings is 3. The number of fused-ring (bicyclic) bond motifs is 1. The van der Waals surface area contributed by atoms with E-state index in [-0.39, 0.29) is 16.6 Å². The lowest BCUT2D eigenvalue weighted by molar-refractivity contribution is -0.132. The van der Waals surface area contributed by atoms with E-state index in [0.717, 1.165) is 28.1 Å². The van der Waals surface area contributed by atoms with Gasteiger partial charge >= 0.3 is 11.9 Å². The van der Waals surface area contributed by atoms with Crippen molar-refractivity contribution in [2.75, 3.05) is 0 Å². The fourth-order valence-electron chi connectivity index (χ4n) is 3.44. The van der Waals surface area contributed by atoms with Crippen LogP contribution in [0.5, 0.6) is 11.5 Å². The molecule has 0 aliphatic carbocycles. The van der Waals surface area contributed by atoms with Gasteiger partial charge in [0.25, 0.3) is 0 Å². The van der Waals surface area contributed by atoms with E-state index in [2.05, 4.69) is 10.3 Å². The lowest BCUT2D eigenvalue weighted by Gasteiger charge is -2.14. The summed E-state index contributed by atoms with van der Waals surface area (Å²) >= 11 is 0.965. The highest BCUT2D eigenvalue weighted by atomic mass is 32.2. The quantitative estimate of drug-likeness (QED) is 0.242. The van der Waals surface area contributed by atoms with Crippen LogP contribution in [0.15, 0.2) is 65.7 Å². The number of hydrogen-bond acceptors (Lipinski definition) is 8. The molecule has 0 aliphatic rings. The number of carbonyl (C=O) groups is 3. The molecule has 0 bridgehead atoms. The summed E-state index contributed by atoms with van der Waals surface area (Å²) in [6, 6.07) is 18.3. The predicted octanol–water partition coefficient (Wildman–Crippen LogP) is 4.58. The minimum atomic E-state index is -0.554. The number of ether oxygens (including phenoxy) is 2. The summed E-state index contributed by atoms with van der Waals surface area (Å²) in [5, 5.41) is 10.7. The van der Waals surface area contributed by atoms with Crippen molar-refractivity contribution in [2.45, 2.75) is 25.8 Å². The van der Waals surface area contributed by atoms with Gasteiger partial charge in [0.2, 0.25) is 0 Å². The van der Waals surface area contributed by atoms with Crippen LogP contribution in [0.4, 0.5) is 0 Å². The first-order valence-corrected chi connectivity index (χ1v) is 10.8. The summed E-state index contributed by atoms with van der Waals surface area (Å²) in [5.41, 5.74) is 1.77. The van der Waals surface area contributed by atoms with E-state index in [1.807, 2.05) is 42.5 Å². The lowest BCUT2D eigenvalue weighted by atomic mass is 10.0. The van der Waals surface area contributed by atoms with Gasteiger partial charge in [-0.3, -0.25) is 14.4 Å². The highest BCUT2D eigenvalue weighted by Gasteiger charge is 2.23. The first kappa shape index (κ1) is 22.2. The Morgan fingerprint density at radius 2 is 1.61 bits per heavy atom.